The van der Waals surface area contributed by atoms with Gasteiger partial charge in [-0.2, -0.15) is 0 Å². The highest BCUT2D eigenvalue weighted by Gasteiger charge is 1.91. The standard InChI is InChI=1S/C9H22N2/c1-4-5-7-10-11-8-6-9(2)3/h9-11H,4-8H2,1-3H3. The first-order valence-corrected chi connectivity index (χ1v) is 4.73. The molecule has 2 nitrogen and oxygen atoms in total. The van der Waals surface area contributed by atoms with E-state index in [4.69, 9.17) is 0 Å². The quantitative estimate of drug-likeness (QED) is 0.437. The van der Waals surface area contributed by atoms with E-state index in [0.717, 1.165) is 19.0 Å². The molecule has 0 rings (SSSR count). The Balaban J connectivity index is 2.80. The molecule has 0 saturated heterocycles. The van der Waals surface area contributed by atoms with E-state index in [1.54, 1.807) is 0 Å². The van der Waals surface area contributed by atoms with Crippen molar-refractivity contribution in [2.24, 2.45) is 5.92 Å². The number of hydrazine groups is 1. The zero-order valence-electron chi connectivity index (χ0n) is 8.11. The van der Waals surface area contributed by atoms with Gasteiger partial charge in [-0.25, -0.2) is 0 Å². The molecular formula is C9H22N2. The van der Waals surface area contributed by atoms with Gasteiger partial charge in [-0.05, 0) is 18.8 Å². The Labute approximate surface area is 70.7 Å². The van der Waals surface area contributed by atoms with Crippen LogP contribution in [0.15, 0.2) is 0 Å². The predicted molar refractivity (Wildman–Crippen MR) is 50.4 cm³/mol. The summed E-state index contributed by atoms with van der Waals surface area (Å²) in [5.74, 6) is 0.801. The van der Waals surface area contributed by atoms with Crippen LogP contribution in [0.3, 0.4) is 0 Å². The molecule has 0 unspecified atom stereocenters. The van der Waals surface area contributed by atoms with E-state index < -0.39 is 0 Å². The van der Waals surface area contributed by atoms with Gasteiger partial charge in [0, 0.05) is 13.1 Å². The van der Waals surface area contributed by atoms with Crippen molar-refractivity contribution >= 4 is 0 Å². The van der Waals surface area contributed by atoms with Crippen molar-refractivity contribution in [1.82, 2.24) is 10.9 Å². The minimum atomic E-state index is 0.801. The SMILES string of the molecule is CCCCNNCCC(C)C. The number of unbranched alkanes of at least 4 members (excludes halogenated alkanes) is 1. The third-order valence-corrected chi connectivity index (χ3v) is 1.63. The Bertz CT molecular complexity index is 72.0. The summed E-state index contributed by atoms with van der Waals surface area (Å²) in [7, 11) is 0. The molecule has 0 aromatic carbocycles. The van der Waals surface area contributed by atoms with Gasteiger partial charge in [0.15, 0.2) is 0 Å². The third-order valence-electron chi connectivity index (χ3n) is 1.63. The summed E-state index contributed by atoms with van der Waals surface area (Å²) in [4.78, 5) is 0. The fourth-order valence-electron chi connectivity index (χ4n) is 0.803. The lowest BCUT2D eigenvalue weighted by molar-refractivity contribution is 0.469. The normalized spacial score (nSPS) is 10.9. The summed E-state index contributed by atoms with van der Waals surface area (Å²) >= 11 is 0. The molecule has 0 heterocycles. The third kappa shape index (κ3) is 9.92. The minimum Gasteiger partial charge on any atom is -0.258 e. The molecule has 0 bridgehead atoms. The first-order chi connectivity index (χ1) is 5.27. The van der Waals surface area contributed by atoms with Gasteiger partial charge in [-0.3, -0.25) is 10.9 Å². The molecule has 0 aliphatic heterocycles. The van der Waals surface area contributed by atoms with E-state index in [1.807, 2.05) is 0 Å². The lowest BCUT2D eigenvalue weighted by Crippen LogP contribution is -2.33. The summed E-state index contributed by atoms with van der Waals surface area (Å²) in [6.07, 6.45) is 3.77. The highest BCUT2D eigenvalue weighted by Crippen LogP contribution is 1.95. The smallest absolute Gasteiger partial charge is 0.0102 e. The van der Waals surface area contributed by atoms with Gasteiger partial charge in [0.1, 0.15) is 0 Å². The molecule has 0 aromatic heterocycles. The van der Waals surface area contributed by atoms with Crippen LogP contribution in [0.4, 0.5) is 0 Å². The molecule has 0 saturated carbocycles. The van der Waals surface area contributed by atoms with Gasteiger partial charge in [0.2, 0.25) is 0 Å². The summed E-state index contributed by atoms with van der Waals surface area (Å²) in [6, 6.07) is 0. The summed E-state index contributed by atoms with van der Waals surface area (Å²) in [5.41, 5.74) is 6.39. The van der Waals surface area contributed by atoms with Gasteiger partial charge < -0.3 is 0 Å². The zero-order chi connectivity index (χ0) is 8.53. The van der Waals surface area contributed by atoms with Crippen molar-refractivity contribution in [2.45, 2.75) is 40.0 Å². The van der Waals surface area contributed by atoms with Crippen LogP contribution >= 0.6 is 0 Å². The molecule has 2 N–H and O–H groups in total. The second-order valence-corrected chi connectivity index (χ2v) is 3.39. The molecule has 0 aliphatic rings. The van der Waals surface area contributed by atoms with Gasteiger partial charge in [-0.15, -0.1) is 0 Å². The maximum Gasteiger partial charge on any atom is 0.0102 e. The van der Waals surface area contributed by atoms with Crippen molar-refractivity contribution in [1.29, 1.82) is 0 Å². The summed E-state index contributed by atoms with van der Waals surface area (Å²) in [6.45, 7) is 8.87. The molecular weight excluding hydrogens is 136 g/mol. The average Bonchev–Trinajstić information content (AvgIpc) is 1.96. The first kappa shape index (κ1) is 10.9. The summed E-state index contributed by atoms with van der Waals surface area (Å²) < 4.78 is 0. The summed E-state index contributed by atoms with van der Waals surface area (Å²) in [5, 5.41) is 0. The molecule has 0 spiro atoms. The number of rotatable bonds is 7. The molecule has 0 amide bonds. The van der Waals surface area contributed by atoms with Crippen molar-refractivity contribution in [3.05, 3.63) is 0 Å². The molecule has 2 heteroatoms. The van der Waals surface area contributed by atoms with E-state index >= 15 is 0 Å². The maximum atomic E-state index is 3.20. The molecule has 0 atom stereocenters. The molecule has 0 aliphatic carbocycles. The van der Waals surface area contributed by atoms with Crippen LogP contribution in [-0.2, 0) is 0 Å². The van der Waals surface area contributed by atoms with Crippen LogP contribution in [0.25, 0.3) is 0 Å². The lowest BCUT2D eigenvalue weighted by atomic mass is 10.1. The van der Waals surface area contributed by atoms with E-state index in [1.165, 1.54) is 19.3 Å². The molecule has 0 fully saturated rings. The minimum absolute atomic E-state index is 0.801. The van der Waals surface area contributed by atoms with Crippen molar-refractivity contribution in [2.75, 3.05) is 13.1 Å². The number of hydrogen-bond acceptors (Lipinski definition) is 2. The Morgan fingerprint density at radius 2 is 1.73 bits per heavy atom. The largest absolute Gasteiger partial charge is 0.258 e. The van der Waals surface area contributed by atoms with Crippen LogP contribution in [0.1, 0.15) is 40.0 Å². The van der Waals surface area contributed by atoms with E-state index in [2.05, 4.69) is 31.6 Å². The molecule has 68 valence electrons. The number of nitrogens with one attached hydrogen (secondary N) is 2. The van der Waals surface area contributed by atoms with Gasteiger partial charge >= 0.3 is 0 Å². The Hall–Kier alpha value is -0.0800. The van der Waals surface area contributed by atoms with Gasteiger partial charge in [0.05, 0.1) is 0 Å². The fourth-order valence-corrected chi connectivity index (χ4v) is 0.803. The zero-order valence-corrected chi connectivity index (χ0v) is 8.11. The van der Waals surface area contributed by atoms with E-state index in [9.17, 15) is 0 Å². The molecule has 11 heavy (non-hydrogen) atoms. The molecule has 0 radical (unpaired) electrons. The monoisotopic (exact) mass is 158 g/mol. The van der Waals surface area contributed by atoms with Gasteiger partial charge in [0.25, 0.3) is 0 Å². The van der Waals surface area contributed by atoms with Crippen LogP contribution in [0.5, 0.6) is 0 Å². The highest BCUT2D eigenvalue weighted by atomic mass is 15.3. The number of hydrogen-bond donors (Lipinski definition) is 2. The predicted octanol–water partition coefficient (Wildman–Crippen LogP) is 1.93. The van der Waals surface area contributed by atoms with Crippen LogP contribution in [-0.4, -0.2) is 13.1 Å². The Morgan fingerprint density at radius 3 is 2.27 bits per heavy atom. The maximum absolute atomic E-state index is 3.20. The Kier molecular flexibility index (Phi) is 7.96. The van der Waals surface area contributed by atoms with Crippen LogP contribution < -0.4 is 10.9 Å². The lowest BCUT2D eigenvalue weighted by Gasteiger charge is -2.07. The van der Waals surface area contributed by atoms with Crippen molar-refractivity contribution in [3.8, 4) is 0 Å². The van der Waals surface area contributed by atoms with E-state index in [0.29, 0.717) is 0 Å². The molecule has 0 aromatic rings. The fraction of sp³-hybridized carbons (Fsp3) is 1.00. The topological polar surface area (TPSA) is 24.1 Å². The first-order valence-electron chi connectivity index (χ1n) is 4.73. The Morgan fingerprint density at radius 1 is 1.09 bits per heavy atom. The van der Waals surface area contributed by atoms with Gasteiger partial charge in [-0.1, -0.05) is 27.2 Å². The highest BCUT2D eigenvalue weighted by molar-refractivity contribution is 4.47. The van der Waals surface area contributed by atoms with Crippen LogP contribution in [0, 0.1) is 5.92 Å². The van der Waals surface area contributed by atoms with Crippen molar-refractivity contribution in [3.63, 3.8) is 0 Å². The van der Waals surface area contributed by atoms with Crippen molar-refractivity contribution < 1.29 is 0 Å². The van der Waals surface area contributed by atoms with E-state index in [-0.39, 0.29) is 0 Å². The second kappa shape index (κ2) is 8.02. The van der Waals surface area contributed by atoms with Crippen LogP contribution in [0.2, 0.25) is 0 Å². The average molecular weight is 158 g/mol. The second-order valence-electron chi connectivity index (χ2n) is 3.39.